The van der Waals surface area contributed by atoms with E-state index in [-0.39, 0.29) is 75.6 Å². The molecule has 0 saturated carbocycles. The van der Waals surface area contributed by atoms with E-state index in [1.807, 2.05) is 123 Å². The van der Waals surface area contributed by atoms with Crippen LogP contribution >= 0.6 is 22.9 Å². The number of nitrogens with one attached hydrogen (secondary N) is 4. The second kappa shape index (κ2) is 28.0. The van der Waals surface area contributed by atoms with Gasteiger partial charge in [-0.05, 0) is 89.9 Å². The fourth-order valence-electron chi connectivity index (χ4n) is 9.51. The number of halogens is 1. The van der Waals surface area contributed by atoms with Crippen LogP contribution in [0.3, 0.4) is 0 Å². The first-order valence-corrected chi connectivity index (χ1v) is 27.4. The van der Waals surface area contributed by atoms with Gasteiger partial charge in [-0.15, -0.1) is 11.3 Å². The zero-order valence-electron chi connectivity index (χ0n) is 44.8. The van der Waals surface area contributed by atoms with E-state index >= 15 is 0 Å². The number of anilines is 2. The molecule has 0 radical (unpaired) electrons. The number of amides is 4. The molecule has 5 atom stereocenters. The van der Waals surface area contributed by atoms with Crippen LogP contribution in [0.15, 0.2) is 96.5 Å². The largest absolute Gasteiger partial charge is 0.391 e. The Labute approximate surface area is 460 Å². The Morgan fingerprint density at radius 3 is 2.09 bits per heavy atom. The number of hydrogen-bond donors (Lipinski definition) is 5. The standard InChI is InChI=1S/C58H72ClN7O10S/c1-37-29-49(63-46-18-16-45(59)17-19-46)48-30-44(15-20-50(48)66(37)39(3)67)41-11-13-42(14-12-41)52(69)33-60-21-22-73-23-24-74-25-26-75-27-28-76-35-53(70)64-55(58(4,5)6)57(72)65-34-47(68)31-51(65)56(71)61-32-40-7-9-43(10-8-40)54-38(2)62-36-77-54/h7-20,30,36-37,47,49,51,55,60,63,68H,21-29,31-35H2,1-6H3,(H,61,71)(H,64,70)/t37-,47+,49+,51-,55+/m0/s1. The maximum Gasteiger partial charge on any atom is 0.246 e. The molecule has 0 spiro atoms. The molecular formula is C58H72ClN7O10S. The maximum atomic E-state index is 13.9. The average molecular weight is 1090 g/mol. The second-order valence-corrected chi connectivity index (χ2v) is 21.8. The number of fused-ring (bicyclic) bond motifs is 1. The lowest BCUT2D eigenvalue weighted by Crippen LogP contribution is -2.58. The third-order valence-corrected chi connectivity index (χ3v) is 14.7. The zero-order chi connectivity index (χ0) is 55.1. The van der Waals surface area contributed by atoms with Gasteiger partial charge in [0.25, 0.3) is 0 Å². The van der Waals surface area contributed by atoms with Crippen LogP contribution < -0.4 is 26.2 Å². The first-order chi connectivity index (χ1) is 37.0. The number of aryl methyl sites for hydroxylation is 1. The molecule has 77 heavy (non-hydrogen) atoms. The molecule has 0 bridgehead atoms. The molecule has 1 saturated heterocycles. The Kier molecular flexibility index (Phi) is 21.3. The number of aromatic nitrogens is 1. The normalized spacial score (nSPS) is 17.7. The van der Waals surface area contributed by atoms with E-state index in [0.29, 0.717) is 50.2 Å². The number of aliphatic hydroxyl groups excluding tert-OH is 1. The summed E-state index contributed by atoms with van der Waals surface area (Å²) in [6.45, 7) is 13.8. The fraction of sp³-hybridized carbons (Fsp3) is 0.448. The van der Waals surface area contributed by atoms with Crippen molar-refractivity contribution in [3.63, 3.8) is 0 Å². The number of nitrogens with zero attached hydrogens (tertiary/aromatic N) is 3. The highest BCUT2D eigenvalue weighted by Crippen LogP contribution is 2.41. The molecule has 5 N–H and O–H groups in total. The van der Waals surface area contributed by atoms with Crippen LogP contribution in [-0.4, -0.2) is 141 Å². The summed E-state index contributed by atoms with van der Waals surface area (Å²) >= 11 is 7.70. The van der Waals surface area contributed by atoms with Crippen molar-refractivity contribution >= 4 is 63.7 Å². The van der Waals surface area contributed by atoms with Crippen LogP contribution in [0.25, 0.3) is 21.6 Å². The number of rotatable bonds is 26. The minimum Gasteiger partial charge on any atom is -0.391 e. The Bertz CT molecular complexity index is 2770. The summed E-state index contributed by atoms with van der Waals surface area (Å²) in [4.78, 5) is 74.7. The predicted octanol–water partition coefficient (Wildman–Crippen LogP) is 7.39. The van der Waals surface area contributed by atoms with Crippen molar-refractivity contribution in [3.05, 3.63) is 124 Å². The lowest BCUT2D eigenvalue weighted by atomic mass is 9.85. The summed E-state index contributed by atoms with van der Waals surface area (Å²) in [5.74, 6) is -1.36. The topological polar surface area (TPSA) is 210 Å². The van der Waals surface area contributed by atoms with Gasteiger partial charge < -0.3 is 55.1 Å². The second-order valence-electron chi connectivity index (χ2n) is 20.5. The van der Waals surface area contributed by atoms with Gasteiger partial charge in [0.1, 0.15) is 18.7 Å². The average Bonchev–Trinajstić information content (AvgIpc) is 4.03. The molecule has 4 aromatic carbocycles. The number of Topliss-reactive ketones (excluding diaryl/α,β-unsaturated/α-hetero) is 1. The van der Waals surface area contributed by atoms with Crippen molar-refractivity contribution in [1.82, 2.24) is 25.8 Å². The molecule has 0 aliphatic carbocycles. The van der Waals surface area contributed by atoms with E-state index < -0.39 is 35.4 Å². The lowest BCUT2D eigenvalue weighted by molar-refractivity contribution is -0.144. The quantitative estimate of drug-likeness (QED) is 0.0271. The Morgan fingerprint density at radius 1 is 0.818 bits per heavy atom. The number of aliphatic hydroxyl groups is 1. The minimum atomic E-state index is -0.975. The van der Waals surface area contributed by atoms with E-state index in [4.69, 9.17) is 30.5 Å². The highest BCUT2D eigenvalue weighted by Gasteiger charge is 2.44. The van der Waals surface area contributed by atoms with Gasteiger partial charge in [-0.3, -0.25) is 24.0 Å². The van der Waals surface area contributed by atoms with Crippen molar-refractivity contribution in [2.75, 3.05) is 82.7 Å². The van der Waals surface area contributed by atoms with Crippen molar-refractivity contribution < 1.29 is 48.0 Å². The molecular weight excluding hydrogens is 1020 g/mol. The van der Waals surface area contributed by atoms with Crippen LogP contribution in [0.5, 0.6) is 0 Å². The third-order valence-electron chi connectivity index (χ3n) is 13.5. The van der Waals surface area contributed by atoms with Crippen LogP contribution in [0.4, 0.5) is 11.4 Å². The monoisotopic (exact) mass is 1090 g/mol. The minimum absolute atomic E-state index is 0.00109. The van der Waals surface area contributed by atoms with Crippen LogP contribution in [0, 0.1) is 12.3 Å². The predicted molar refractivity (Wildman–Crippen MR) is 299 cm³/mol. The molecule has 1 fully saturated rings. The van der Waals surface area contributed by atoms with Gasteiger partial charge in [-0.2, -0.15) is 0 Å². The van der Waals surface area contributed by atoms with E-state index in [9.17, 15) is 29.1 Å². The first-order valence-electron chi connectivity index (χ1n) is 26.1. The highest BCUT2D eigenvalue weighted by atomic mass is 35.5. The molecule has 19 heteroatoms. The molecule has 2 aliphatic heterocycles. The van der Waals surface area contributed by atoms with Crippen molar-refractivity contribution in [2.24, 2.45) is 5.41 Å². The third kappa shape index (κ3) is 16.5. The number of ether oxygens (including phenoxy) is 4. The van der Waals surface area contributed by atoms with E-state index in [1.54, 1.807) is 18.3 Å². The Balaban J connectivity index is 0.727. The van der Waals surface area contributed by atoms with E-state index in [1.165, 1.54) is 4.90 Å². The van der Waals surface area contributed by atoms with Gasteiger partial charge in [0.05, 0.1) is 81.0 Å². The van der Waals surface area contributed by atoms with Crippen molar-refractivity contribution in [3.8, 4) is 21.6 Å². The van der Waals surface area contributed by atoms with Gasteiger partial charge in [-0.25, -0.2) is 4.98 Å². The van der Waals surface area contributed by atoms with Crippen LogP contribution in [0.2, 0.25) is 5.02 Å². The number of benzene rings is 4. The smallest absolute Gasteiger partial charge is 0.246 e. The number of ketones is 1. The van der Waals surface area contributed by atoms with Gasteiger partial charge >= 0.3 is 0 Å². The van der Waals surface area contributed by atoms with Crippen LogP contribution in [-0.2, 0) is 44.7 Å². The number of likely N-dealkylation sites (tertiary alicyclic amines) is 1. The number of carbonyl (C=O) groups excluding carboxylic acids is 5. The molecule has 3 heterocycles. The van der Waals surface area contributed by atoms with E-state index in [0.717, 1.165) is 56.2 Å². The summed E-state index contributed by atoms with van der Waals surface area (Å²) in [6, 6.07) is 27.3. The molecule has 412 valence electrons. The number of carbonyl (C=O) groups is 5. The fourth-order valence-corrected chi connectivity index (χ4v) is 10.4. The Hall–Kier alpha value is -6.09. The summed E-state index contributed by atoms with van der Waals surface area (Å²) in [5.41, 5.74) is 9.40. The van der Waals surface area contributed by atoms with Gasteiger partial charge in [0.15, 0.2) is 5.78 Å². The molecule has 0 unspecified atom stereocenters. The zero-order valence-corrected chi connectivity index (χ0v) is 46.3. The molecule has 2 aliphatic rings. The molecule has 1 aromatic heterocycles. The first kappa shape index (κ1) is 58.6. The summed E-state index contributed by atoms with van der Waals surface area (Å²) in [6.07, 6.45) is -0.0529. The molecule has 17 nitrogen and oxygen atoms in total. The SMILES string of the molecule is CC(=O)N1c2ccc(-c3ccc(C(=O)CNCCOCCOCCOCCOCC(=O)N[C@H](C(=O)N4C[C@H](O)C[C@H]4C(=O)NCc4ccc(-c5scnc5C)cc4)C(C)(C)C)cc3)cc2[C@H](Nc2ccc(Cl)cc2)C[C@@H]1C. The van der Waals surface area contributed by atoms with Gasteiger partial charge in [0.2, 0.25) is 23.6 Å². The summed E-state index contributed by atoms with van der Waals surface area (Å²) in [7, 11) is 0. The highest BCUT2D eigenvalue weighted by molar-refractivity contribution is 7.13. The maximum absolute atomic E-state index is 13.9. The van der Waals surface area contributed by atoms with Gasteiger partial charge in [-0.1, -0.05) is 87.0 Å². The van der Waals surface area contributed by atoms with Gasteiger partial charge in [0, 0.05) is 61.0 Å². The molecule has 4 amide bonds. The number of β-amino-alcohol motifs (C(OH)–C–C–N with tert-alkyl or cyclic N) is 1. The molecule has 7 rings (SSSR count). The van der Waals surface area contributed by atoms with Crippen molar-refractivity contribution in [2.45, 2.75) is 91.2 Å². The summed E-state index contributed by atoms with van der Waals surface area (Å²) in [5, 5.41) is 23.7. The Morgan fingerprint density at radius 2 is 1.45 bits per heavy atom. The lowest BCUT2D eigenvalue weighted by Gasteiger charge is -2.39. The van der Waals surface area contributed by atoms with E-state index in [2.05, 4.69) is 39.2 Å². The van der Waals surface area contributed by atoms with Crippen LogP contribution in [0.1, 0.15) is 80.7 Å². The number of hydrogen-bond acceptors (Lipinski definition) is 14. The molecule has 5 aromatic rings. The van der Waals surface area contributed by atoms with Crippen molar-refractivity contribution in [1.29, 1.82) is 0 Å². The number of thiazole rings is 1. The summed E-state index contributed by atoms with van der Waals surface area (Å²) < 4.78 is 22.3.